The molecule has 0 fully saturated rings. The summed E-state index contributed by atoms with van der Waals surface area (Å²) in [5.41, 5.74) is 2.41. The lowest BCUT2D eigenvalue weighted by molar-refractivity contribution is -0.137. The van der Waals surface area contributed by atoms with Crippen LogP contribution in [-0.4, -0.2) is 27.7 Å². The van der Waals surface area contributed by atoms with E-state index in [0.717, 1.165) is 16.8 Å². The monoisotopic (exact) mass is 325 g/mol. The van der Waals surface area contributed by atoms with Crippen molar-refractivity contribution in [3.63, 3.8) is 0 Å². The van der Waals surface area contributed by atoms with Crippen molar-refractivity contribution in [2.45, 2.75) is 32.6 Å². The number of hydrogen-bond acceptors (Lipinski definition) is 5. The molecule has 0 unspecified atom stereocenters. The minimum absolute atomic E-state index is 0.120. The maximum Gasteiger partial charge on any atom is 0.303 e. The van der Waals surface area contributed by atoms with E-state index in [1.807, 2.05) is 25.1 Å². The van der Waals surface area contributed by atoms with E-state index in [1.165, 1.54) is 0 Å². The highest BCUT2D eigenvalue weighted by molar-refractivity contribution is 5.66. The summed E-state index contributed by atoms with van der Waals surface area (Å²) in [4.78, 5) is 19.4. The highest BCUT2D eigenvalue weighted by Gasteiger charge is 2.09. The van der Waals surface area contributed by atoms with Gasteiger partial charge in [0, 0.05) is 29.4 Å². The molecule has 1 N–H and O–H groups in total. The fourth-order valence-electron chi connectivity index (χ4n) is 2.33. The van der Waals surface area contributed by atoms with Crippen LogP contribution >= 0.6 is 0 Å². The maximum absolute atomic E-state index is 10.6. The molecule has 2 aromatic rings. The Morgan fingerprint density at radius 3 is 2.92 bits per heavy atom. The van der Waals surface area contributed by atoms with Gasteiger partial charge in [0.05, 0.1) is 19.1 Å². The average molecular weight is 325 g/mol. The van der Waals surface area contributed by atoms with Crippen LogP contribution < -0.4 is 4.74 Å². The fourth-order valence-corrected chi connectivity index (χ4v) is 2.33. The molecule has 1 aromatic heterocycles. The van der Waals surface area contributed by atoms with Gasteiger partial charge in [-0.15, -0.1) is 0 Å². The lowest BCUT2D eigenvalue weighted by Crippen LogP contribution is -2.00. The van der Waals surface area contributed by atoms with Gasteiger partial charge in [-0.25, -0.2) is 9.97 Å². The van der Waals surface area contributed by atoms with Crippen molar-refractivity contribution in [2.75, 3.05) is 6.61 Å². The molecule has 0 atom stereocenters. The SMILES string of the molecule is CCOc1ccc(-c2nccc(CCCC(=O)O)n2)cc1CC#N. The Kier molecular flexibility index (Phi) is 6.26. The number of carbonyl (C=O) groups is 1. The van der Waals surface area contributed by atoms with Gasteiger partial charge in [0.1, 0.15) is 5.75 Å². The zero-order chi connectivity index (χ0) is 17.4. The fraction of sp³-hybridized carbons (Fsp3) is 0.333. The van der Waals surface area contributed by atoms with Crippen molar-refractivity contribution in [3.8, 4) is 23.2 Å². The molecular weight excluding hydrogens is 306 g/mol. The average Bonchev–Trinajstić information content (AvgIpc) is 2.57. The zero-order valence-electron chi connectivity index (χ0n) is 13.5. The van der Waals surface area contributed by atoms with Gasteiger partial charge in [-0.05, 0) is 44.0 Å². The van der Waals surface area contributed by atoms with E-state index in [9.17, 15) is 4.79 Å². The van der Waals surface area contributed by atoms with Crippen LogP contribution in [0.5, 0.6) is 5.75 Å². The first kappa shape index (κ1) is 17.4. The number of aromatic nitrogens is 2. The molecule has 0 radical (unpaired) electrons. The first-order valence-electron chi connectivity index (χ1n) is 7.80. The summed E-state index contributed by atoms with van der Waals surface area (Å²) in [7, 11) is 0. The van der Waals surface area contributed by atoms with Crippen molar-refractivity contribution in [3.05, 3.63) is 41.7 Å². The van der Waals surface area contributed by atoms with E-state index in [2.05, 4.69) is 16.0 Å². The summed E-state index contributed by atoms with van der Waals surface area (Å²) >= 11 is 0. The Morgan fingerprint density at radius 2 is 2.21 bits per heavy atom. The second kappa shape index (κ2) is 8.63. The van der Waals surface area contributed by atoms with Gasteiger partial charge in [-0.1, -0.05) is 0 Å². The van der Waals surface area contributed by atoms with Crippen LogP contribution in [0.15, 0.2) is 30.5 Å². The summed E-state index contributed by atoms with van der Waals surface area (Å²) in [6.07, 6.45) is 3.16. The number of ether oxygens (including phenoxy) is 1. The third-order valence-corrected chi connectivity index (χ3v) is 3.42. The van der Waals surface area contributed by atoms with Crippen molar-refractivity contribution in [1.29, 1.82) is 5.26 Å². The van der Waals surface area contributed by atoms with Crippen molar-refractivity contribution < 1.29 is 14.6 Å². The predicted octanol–water partition coefficient (Wildman–Crippen LogP) is 3.02. The van der Waals surface area contributed by atoms with Gasteiger partial charge in [0.25, 0.3) is 0 Å². The molecule has 0 aliphatic rings. The smallest absolute Gasteiger partial charge is 0.303 e. The molecule has 124 valence electrons. The van der Waals surface area contributed by atoms with E-state index >= 15 is 0 Å². The van der Waals surface area contributed by atoms with Crippen molar-refractivity contribution in [2.24, 2.45) is 0 Å². The number of nitrogens with zero attached hydrogens (tertiary/aromatic N) is 3. The molecule has 24 heavy (non-hydrogen) atoms. The summed E-state index contributed by atoms with van der Waals surface area (Å²) in [5.74, 6) is 0.447. The van der Waals surface area contributed by atoms with Crippen LogP contribution in [-0.2, 0) is 17.6 Å². The second-order valence-electron chi connectivity index (χ2n) is 5.21. The number of hydrogen-bond donors (Lipinski definition) is 1. The van der Waals surface area contributed by atoms with Crippen molar-refractivity contribution >= 4 is 5.97 Å². The molecule has 6 heteroatoms. The minimum atomic E-state index is -0.808. The first-order chi connectivity index (χ1) is 11.6. The molecule has 6 nitrogen and oxygen atoms in total. The lowest BCUT2D eigenvalue weighted by atomic mass is 10.1. The number of aliphatic carboxylic acids is 1. The summed E-state index contributed by atoms with van der Waals surface area (Å²) < 4.78 is 5.53. The summed E-state index contributed by atoms with van der Waals surface area (Å²) in [6.45, 7) is 2.43. The Hall–Kier alpha value is -2.94. The molecule has 1 aromatic carbocycles. The Labute approximate surface area is 140 Å². The number of benzene rings is 1. The van der Waals surface area contributed by atoms with Crippen molar-refractivity contribution in [1.82, 2.24) is 9.97 Å². The standard InChI is InChI=1S/C18H19N3O3/c1-2-24-16-7-6-14(12-13(16)8-10-19)18-20-11-9-15(21-18)4-3-5-17(22)23/h6-7,9,11-12H,2-5,8H2,1H3,(H,22,23). The Bertz CT molecular complexity index is 753. The topological polar surface area (TPSA) is 96.1 Å². The molecular formula is C18H19N3O3. The molecule has 0 aliphatic carbocycles. The van der Waals surface area contributed by atoms with E-state index < -0.39 is 5.97 Å². The van der Waals surface area contributed by atoms with Crippen LogP contribution in [0.4, 0.5) is 0 Å². The molecule has 0 saturated carbocycles. The van der Waals surface area contributed by atoms with Gasteiger partial charge in [0.2, 0.25) is 0 Å². The zero-order valence-corrected chi connectivity index (χ0v) is 13.5. The van der Waals surface area contributed by atoms with Gasteiger partial charge in [-0.2, -0.15) is 5.26 Å². The molecule has 0 amide bonds. The maximum atomic E-state index is 10.6. The predicted molar refractivity (Wildman–Crippen MR) is 88.5 cm³/mol. The molecule has 2 rings (SSSR count). The van der Waals surface area contributed by atoms with E-state index in [1.54, 1.807) is 12.3 Å². The molecule has 0 spiro atoms. The summed E-state index contributed by atoms with van der Waals surface area (Å²) in [5, 5.41) is 17.7. The van der Waals surface area contributed by atoms with Crippen LogP contribution in [0.3, 0.4) is 0 Å². The van der Waals surface area contributed by atoms with Crippen LogP contribution in [0.1, 0.15) is 31.0 Å². The van der Waals surface area contributed by atoms with Gasteiger partial charge in [0.15, 0.2) is 5.82 Å². The molecule has 0 aliphatic heterocycles. The first-order valence-corrected chi connectivity index (χ1v) is 7.80. The molecule has 0 bridgehead atoms. The van der Waals surface area contributed by atoms with Crippen LogP contribution in [0.2, 0.25) is 0 Å². The highest BCUT2D eigenvalue weighted by atomic mass is 16.5. The Balaban J connectivity index is 2.23. The van der Waals surface area contributed by atoms with E-state index in [0.29, 0.717) is 31.0 Å². The molecule has 0 saturated heterocycles. The third-order valence-electron chi connectivity index (χ3n) is 3.42. The second-order valence-corrected chi connectivity index (χ2v) is 5.21. The van der Waals surface area contributed by atoms with E-state index in [4.69, 9.17) is 15.1 Å². The Morgan fingerprint density at radius 1 is 1.38 bits per heavy atom. The van der Waals surface area contributed by atoms with Gasteiger partial charge < -0.3 is 9.84 Å². The number of nitriles is 1. The lowest BCUT2D eigenvalue weighted by Gasteiger charge is -2.10. The summed E-state index contributed by atoms with van der Waals surface area (Å²) in [6, 6.07) is 9.48. The van der Waals surface area contributed by atoms with E-state index in [-0.39, 0.29) is 12.8 Å². The van der Waals surface area contributed by atoms with Gasteiger partial charge in [-0.3, -0.25) is 4.79 Å². The van der Waals surface area contributed by atoms with Crippen LogP contribution in [0.25, 0.3) is 11.4 Å². The molecule has 1 heterocycles. The van der Waals surface area contributed by atoms with Gasteiger partial charge >= 0.3 is 5.97 Å². The number of carboxylic acid groups (broad SMARTS) is 1. The minimum Gasteiger partial charge on any atom is -0.494 e. The number of rotatable bonds is 8. The largest absolute Gasteiger partial charge is 0.494 e. The van der Waals surface area contributed by atoms with Crippen LogP contribution in [0, 0.1) is 11.3 Å². The third kappa shape index (κ3) is 4.78. The number of carboxylic acids is 1. The highest BCUT2D eigenvalue weighted by Crippen LogP contribution is 2.25. The normalized spacial score (nSPS) is 10.2. The quantitative estimate of drug-likeness (QED) is 0.801. The number of aryl methyl sites for hydroxylation is 1.